The molecule has 78 valence electrons. The highest BCUT2D eigenvalue weighted by atomic mass is 127. The number of aliphatic imine (C=N–C) groups is 1. The molecule has 1 rings (SSSR count). The van der Waals surface area contributed by atoms with E-state index in [4.69, 9.17) is 5.73 Å². The zero-order chi connectivity index (χ0) is 9.14. The highest BCUT2D eigenvalue weighted by Crippen LogP contribution is 2.32. The Morgan fingerprint density at radius 1 is 1.69 bits per heavy atom. The lowest BCUT2D eigenvalue weighted by atomic mass is 10.3. The van der Waals surface area contributed by atoms with E-state index in [2.05, 4.69) is 31.1 Å². The number of nitrogens with two attached hydrogens (primary N) is 1. The summed E-state index contributed by atoms with van der Waals surface area (Å²) < 4.78 is 0. The van der Waals surface area contributed by atoms with Gasteiger partial charge < -0.3 is 11.1 Å². The average molecular weight is 297 g/mol. The van der Waals surface area contributed by atoms with Crippen LogP contribution in [0.3, 0.4) is 0 Å². The van der Waals surface area contributed by atoms with Gasteiger partial charge in [-0.2, -0.15) is 0 Å². The second kappa shape index (κ2) is 5.67. The van der Waals surface area contributed by atoms with E-state index in [0.29, 0.717) is 18.0 Å². The number of rotatable bonds is 3. The fourth-order valence-electron chi connectivity index (χ4n) is 1.05. The minimum Gasteiger partial charge on any atom is -0.370 e. The molecule has 3 N–H and O–H groups in total. The van der Waals surface area contributed by atoms with Gasteiger partial charge >= 0.3 is 0 Å². The number of nitrogens with one attached hydrogen (secondary N) is 1. The SMILES string of the molecule is CCC(C)NC(N)=NC1CC1C.I. The van der Waals surface area contributed by atoms with E-state index in [-0.39, 0.29) is 24.0 Å². The van der Waals surface area contributed by atoms with Crippen LogP contribution in [-0.4, -0.2) is 18.0 Å². The molecule has 3 atom stereocenters. The van der Waals surface area contributed by atoms with E-state index in [1.54, 1.807) is 0 Å². The van der Waals surface area contributed by atoms with Crippen LogP contribution in [0.4, 0.5) is 0 Å². The first-order valence-electron chi connectivity index (χ1n) is 4.73. The average Bonchev–Trinajstić information content (AvgIpc) is 2.66. The molecular weight excluding hydrogens is 277 g/mol. The highest BCUT2D eigenvalue weighted by molar-refractivity contribution is 14.0. The zero-order valence-electron chi connectivity index (χ0n) is 8.58. The maximum atomic E-state index is 5.69. The van der Waals surface area contributed by atoms with Crippen molar-refractivity contribution in [3.8, 4) is 0 Å². The summed E-state index contributed by atoms with van der Waals surface area (Å²) in [5.74, 6) is 1.35. The van der Waals surface area contributed by atoms with Gasteiger partial charge in [-0.3, -0.25) is 0 Å². The molecule has 1 saturated carbocycles. The van der Waals surface area contributed by atoms with Gasteiger partial charge in [-0.25, -0.2) is 4.99 Å². The molecule has 0 aliphatic heterocycles. The van der Waals surface area contributed by atoms with Crippen molar-refractivity contribution in [2.45, 2.75) is 45.7 Å². The maximum Gasteiger partial charge on any atom is 0.189 e. The Bertz CT molecular complexity index is 182. The third kappa shape index (κ3) is 4.69. The quantitative estimate of drug-likeness (QED) is 0.473. The molecule has 1 aliphatic rings. The summed E-state index contributed by atoms with van der Waals surface area (Å²) in [7, 11) is 0. The first-order chi connectivity index (χ1) is 5.63. The molecule has 0 aromatic heterocycles. The van der Waals surface area contributed by atoms with Gasteiger partial charge in [-0.05, 0) is 25.7 Å². The van der Waals surface area contributed by atoms with Crippen molar-refractivity contribution in [2.24, 2.45) is 16.6 Å². The number of nitrogens with zero attached hydrogens (tertiary/aromatic N) is 1. The van der Waals surface area contributed by atoms with Crippen LogP contribution in [0.2, 0.25) is 0 Å². The number of hydrogen-bond acceptors (Lipinski definition) is 1. The summed E-state index contributed by atoms with van der Waals surface area (Å²) in [6.07, 6.45) is 2.28. The summed E-state index contributed by atoms with van der Waals surface area (Å²) in [4.78, 5) is 4.34. The first-order valence-corrected chi connectivity index (χ1v) is 4.73. The molecule has 0 bridgehead atoms. The van der Waals surface area contributed by atoms with E-state index in [1.165, 1.54) is 6.42 Å². The molecule has 0 amide bonds. The van der Waals surface area contributed by atoms with E-state index >= 15 is 0 Å². The van der Waals surface area contributed by atoms with Crippen LogP contribution in [-0.2, 0) is 0 Å². The van der Waals surface area contributed by atoms with Crippen LogP contribution >= 0.6 is 24.0 Å². The lowest BCUT2D eigenvalue weighted by molar-refractivity contribution is 0.635. The Morgan fingerprint density at radius 2 is 2.23 bits per heavy atom. The fourth-order valence-corrected chi connectivity index (χ4v) is 1.05. The number of halogens is 1. The van der Waals surface area contributed by atoms with Crippen molar-refractivity contribution >= 4 is 29.9 Å². The third-order valence-corrected chi connectivity index (χ3v) is 2.38. The minimum atomic E-state index is 0. The molecule has 0 aromatic carbocycles. The largest absolute Gasteiger partial charge is 0.370 e. The molecule has 0 aromatic rings. The minimum absolute atomic E-state index is 0. The lowest BCUT2D eigenvalue weighted by Gasteiger charge is -2.11. The molecule has 0 heterocycles. The standard InChI is InChI=1S/C9H19N3.HI/c1-4-7(3)11-9(10)12-8-5-6(8)2;/h6-8H,4-5H2,1-3H3,(H3,10,11,12);1H. The van der Waals surface area contributed by atoms with Crippen LogP contribution in [0.1, 0.15) is 33.6 Å². The van der Waals surface area contributed by atoms with Gasteiger partial charge in [0.1, 0.15) is 0 Å². The molecule has 3 nitrogen and oxygen atoms in total. The van der Waals surface area contributed by atoms with Gasteiger partial charge in [0.15, 0.2) is 5.96 Å². The van der Waals surface area contributed by atoms with Crippen LogP contribution in [0, 0.1) is 5.92 Å². The molecule has 4 heteroatoms. The summed E-state index contributed by atoms with van der Waals surface area (Å²) >= 11 is 0. The van der Waals surface area contributed by atoms with E-state index in [0.717, 1.165) is 12.3 Å². The van der Waals surface area contributed by atoms with Crippen LogP contribution < -0.4 is 11.1 Å². The Hall–Kier alpha value is 0. The number of hydrogen-bond donors (Lipinski definition) is 2. The topological polar surface area (TPSA) is 50.4 Å². The van der Waals surface area contributed by atoms with Gasteiger partial charge in [0.25, 0.3) is 0 Å². The Morgan fingerprint density at radius 3 is 2.62 bits per heavy atom. The molecule has 0 saturated heterocycles. The van der Waals surface area contributed by atoms with Crippen molar-refractivity contribution in [1.82, 2.24) is 5.32 Å². The zero-order valence-corrected chi connectivity index (χ0v) is 10.9. The van der Waals surface area contributed by atoms with Crippen molar-refractivity contribution in [3.05, 3.63) is 0 Å². The van der Waals surface area contributed by atoms with Gasteiger partial charge in [0.2, 0.25) is 0 Å². The smallest absolute Gasteiger partial charge is 0.189 e. The lowest BCUT2D eigenvalue weighted by Crippen LogP contribution is -2.38. The fraction of sp³-hybridized carbons (Fsp3) is 0.889. The van der Waals surface area contributed by atoms with E-state index in [9.17, 15) is 0 Å². The normalized spacial score (nSPS) is 29.0. The van der Waals surface area contributed by atoms with E-state index < -0.39 is 0 Å². The van der Waals surface area contributed by atoms with E-state index in [1.807, 2.05) is 0 Å². The Kier molecular flexibility index (Phi) is 5.67. The van der Waals surface area contributed by atoms with Gasteiger partial charge in [0.05, 0.1) is 6.04 Å². The summed E-state index contributed by atoms with van der Waals surface area (Å²) in [5.41, 5.74) is 5.69. The predicted molar refractivity (Wildman–Crippen MR) is 67.5 cm³/mol. The Balaban J connectivity index is 0.00000144. The molecule has 1 fully saturated rings. The van der Waals surface area contributed by atoms with Crippen LogP contribution in [0.25, 0.3) is 0 Å². The summed E-state index contributed by atoms with van der Waals surface area (Å²) in [6.45, 7) is 6.44. The third-order valence-electron chi connectivity index (χ3n) is 2.38. The number of guanidine groups is 1. The molecular formula is C9H20IN3. The predicted octanol–water partition coefficient (Wildman–Crippen LogP) is 1.72. The molecule has 1 aliphatic carbocycles. The van der Waals surface area contributed by atoms with Gasteiger partial charge in [0, 0.05) is 6.04 Å². The van der Waals surface area contributed by atoms with Crippen molar-refractivity contribution < 1.29 is 0 Å². The Labute approximate surface area is 97.6 Å². The van der Waals surface area contributed by atoms with Crippen molar-refractivity contribution in [1.29, 1.82) is 0 Å². The van der Waals surface area contributed by atoms with Crippen LogP contribution in [0.5, 0.6) is 0 Å². The highest BCUT2D eigenvalue weighted by Gasteiger charge is 2.32. The van der Waals surface area contributed by atoms with Crippen molar-refractivity contribution in [3.63, 3.8) is 0 Å². The molecule has 3 unspecified atom stereocenters. The second-order valence-electron chi connectivity index (χ2n) is 3.75. The van der Waals surface area contributed by atoms with Gasteiger partial charge in [-0.15, -0.1) is 24.0 Å². The van der Waals surface area contributed by atoms with Crippen molar-refractivity contribution in [2.75, 3.05) is 0 Å². The summed E-state index contributed by atoms with van der Waals surface area (Å²) in [6, 6.07) is 0.921. The summed E-state index contributed by atoms with van der Waals surface area (Å²) in [5, 5.41) is 3.15. The molecule has 0 spiro atoms. The molecule has 13 heavy (non-hydrogen) atoms. The second-order valence-corrected chi connectivity index (χ2v) is 3.75. The van der Waals surface area contributed by atoms with Gasteiger partial charge in [-0.1, -0.05) is 13.8 Å². The van der Waals surface area contributed by atoms with Crippen LogP contribution in [0.15, 0.2) is 4.99 Å². The maximum absolute atomic E-state index is 5.69. The first kappa shape index (κ1) is 13.0. The monoisotopic (exact) mass is 297 g/mol. The molecule has 0 radical (unpaired) electrons.